The number of thioether (sulfide) groups is 1. The summed E-state index contributed by atoms with van der Waals surface area (Å²) in [6.45, 7) is 0.771. The van der Waals surface area contributed by atoms with Gasteiger partial charge in [-0.05, 0) is 36.1 Å². The summed E-state index contributed by atoms with van der Waals surface area (Å²) < 4.78 is 38.3. The molecule has 0 bridgehead atoms. The van der Waals surface area contributed by atoms with Crippen LogP contribution in [0.4, 0.5) is 4.39 Å². The van der Waals surface area contributed by atoms with E-state index in [1.807, 2.05) is 18.2 Å². The fraction of sp³-hybridized carbons (Fsp3) is 0.316. The molecule has 0 fully saturated rings. The predicted molar refractivity (Wildman–Crippen MR) is 125 cm³/mol. The van der Waals surface area contributed by atoms with Crippen LogP contribution in [0.3, 0.4) is 0 Å². The Balaban J connectivity index is 0.00000392. The van der Waals surface area contributed by atoms with Gasteiger partial charge in [0.25, 0.3) is 0 Å². The Morgan fingerprint density at radius 3 is 2.39 bits per heavy atom. The van der Waals surface area contributed by atoms with Crippen LogP contribution in [0.25, 0.3) is 0 Å². The van der Waals surface area contributed by atoms with Gasteiger partial charge in [0, 0.05) is 32.1 Å². The minimum Gasteiger partial charge on any atom is -0.355 e. The van der Waals surface area contributed by atoms with Crippen LogP contribution in [0, 0.1) is 5.82 Å². The summed E-state index contributed by atoms with van der Waals surface area (Å²) in [5, 5.41) is 3.03. The second-order valence-electron chi connectivity index (χ2n) is 5.93. The molecule has 28 heavy (non-hydrogen) atoms. The molecule has 2 rings (SSSR count). The molecule has 154 valence electrons. The zero-order chi connectivity index (χ0) is 19.9. The number of benzene rings is 2. The van der Waals surface area contributed by atoms with Gasteiger partial charge in [-0.2, -0.15) is 0 Å². The van der Waals surface area contributed by atoms with Crippen molar-refractivity contribution in [3.05, 3.63) is 59.9 Å². The van der Waals surface area contributed by atoms with Gasteiger partial charge in [0.1, 0.15) is 10.7 Å². The average molecular weight is 537 g/mol. The van der Waals surface area contributed by atoms with E-state index in [2.05, 4.69) is 34.6 Å². The highest BCUT2D eigenvalue weighted by Crippen LogP contribution is 2.16. The summed E-state index contributed by atoms with van der Waals surface area (Å²) in [6, 6.07) is 13.6. The molecule has 1 N–H and O–H groups in total. The van der Waals surface area contributed by atoms with E-state index in [1.54, 1.807) is 18.8 Å². The quantitative estimate of drug-likeness (QED) is 0.253. The maximum Gasteiger partial charge on any atom is 0.193 e. The first-order valence-corrected chi connectivity index (χ1v) is 11.3. The highest BCUT2D eigenvalue weighted by Gasteiger charge is 2.18. The maximum atomic E-state index is 13.7. The molecule has 0 aliphatic carbocycles. The van der Waals surface area contributed by atoms with Crippen molar-refractivity contribution in [3.8, 4) is 0 Å². The van der Waals surface area contributed by atoms with E-state index in [9.17, 15) is 12.8 Å². The van der Waals surface area contributed by atoms with E-state index in [4.69, 9.17) is 0 Å². The van der Waals surface area contributed by atoms with Crippen LogP contribution in [-0.4, -0.2) is 51.9 Å². The average Bonchev–Trinajstić information content (AvgIpc) is 2.66. The van der Waals surface area contributed by atoms with Crippen molar-refractivity contribution < 1.29 is 12.8 Å². The summed E-state index contributed by atoms with van der Waals surface area (Å²) >= 11 is 1.69. The lowest BCUT2D eigenvalue weighted by Crippen LogP contribution is -2.40. The van der Waals surface area contributed by atoms with Gasteiger partial charge in [-0.15, -0.1) is 35.7 Å². The number of sulfone groups is 1. The molecule has 0 atom stereocenters. The Morgan fingerprint density at radius 1 is 1.18 bits per heavy atom. The summed E-state index contributed by atoms with van der Waals surface area (Å²) in [5.74, 6) is -0.371. The van der Waals surface area contributed by atoms with Crippen molar-refractivity contribution >= 4 is 51.5 Å². The zero-order valence-corrected chi connectivity index (χ0v) is 20.0. The maximum absolute atomic E-state index is 13.7. The molecule has 0 spiro atoms. The normalized spacial score (nSPS) is 11.6. The van der Waals surface area contributed by atoms with E-state index in [0.29, 0.717) is 12.5 Å². The SMILES string of the molecule is CN=C(NCCS(=O)(=O)c1ccccc1F)N(C)Cc1ccc(SC)cc1.I. The molecular formula is C19H25FIN3O2S2. The summed E-state index contributed by atoms with van der Waals surface area (Å²) in [6.07, 6.45) is 2.03. The molecule has 0 radical (unpaired) electrons. The highest BCUT2D eigenvalue weighted by atomic mass is 127. The Hall–Kier alpha value is -1.33. The second kappa shape index (κ2) is 11.6. The number of hydrogen-bond donors (Lipinski definition) is 1. The minimum absolute atomic E-state index is 0. The molecule has 2 aromatic carbocycles. The Bertz CT molecular complexity index is 890. The van der Waals surface area contributed by atoms with Gasteiger partial charge in [-0.25, -0.2) is 12.8 Å². The number of hydrogen-bond acceptors (Lipinski definition) is 4. The fourth-order valence-electron chi connectivity index (χ4n) is 2.57. The topological polar surface area (TPSA) is 61.8 Å². The molecule has 0 aromatic heterocycles. The highest BCUT2D eigenvalue weighted by molar-refractivity contribution is 14.0. The van der Waals surface area contributed by atoms with Crippen LogP contribution in [0.2, 0.25) is 0 Å². The van der Waals surface area contributed by atoms with Gasteiger partial charge in [0.2, 0.25) is 0 Å². The molecule has 2 aromatic rings. The van der Waals surface area contributed by atoms with Crippen LogP contribution < -0.4 is 5.32 Å². The third-order valence-electron chi connectivity index (χ3n) is 3.98. The third-order valence-corrected chi connectivity index (χ3v) is 6.46. The third kappa shape index (κ3) is 6.93. The molecule has 0 saturated heterocycles. The number of aliphatic imine (C=N–C) groups is 1. The molecule has 0 aliphatic heterocycles. The van der Waals surface area contributed by atoms with E-state index in [-0.39, 0.29) is 41.2 Å². The number of nitrogens with one attached hydrogen (secondary N) is 1. The van der Waals surface area contributed by atoms with Gasteiger partial charge in [-0.3, -0.25) is 4.99 Å². The van der Waals surface area contributed by atoms with E-state index < -0.39 is 15.7 Å². The molecule has 0 saturated carbocycles. The molecule has 0 aliphatic rings. The lowest BCUT2D eigenvalue weighted by atomic mass is 10.2. The van der Waals surface area contributed by atoms with E-state index in [1.165, 1.54) is 23.1 Å². The van der Waals surface area contributed by atoms with Crippen LogP contribution in [0.15, 0.2) is 63.3 Å². The lowest BCUT2D eigenvalue weighted by molar-refractivity contribution is 0.478. The van der Waals surface area contributed by atoms with E-state index in [0.717, 1.165) is 11.6 Å². The number of guanidine groups is 1. The molecule has 0 unspecified atom stereocenters. The van der Waals surface area contributed by atoms with Crippen molar-refractivity contribution in [2.45, 2.75) is 16.3 Å². The minimum atomic E-state index is -3.70. The molecule has 9 heteroatoms. The number of halogens is 2. The number of rotatable bonds is 7. The van der Waals surface area contributed by atoms with Crippen LogP contribution >= 0.6 is 35.7 Å². The molecule has 0 heterocycles. The lowest BCUT2D eigenvalue weighted by Gasteiger charge is -2.22. The fourth-order valence-corrected chi connectivity index (χ4v) is 4.22. The molecular weight excluding hydrogens is 512 g/mol. The van der Waals surface area contributed by atoms with Gasteiger partial charge >= 0.3 is 0 Å². The molecule has 5 nitrogen and oxygen atoms in total. The van der Waals surface area contributed by atoms with E-state index >= 15 is 0 Å². The van der Waals surface area contributed by atoms with Crippen molar-refractivity contribution in [3.63, 3.8) is 0 Å². The smallest absolute Gasteiger partial charge is 0.193 e. The van der Waals surface area contributed by atoms with Gasteiger partial charge in [0.05, 0.1) is 5.75 Å². The van der Waals surface area contributed by atoms with Crippen molar-refractivity contribution in [2.24, 2.45) is 4.99 Å². The molecule has 0 amide bonds. The van der Waals surface area contributed by atoms with Crippen molar-refractivity contribution in [1.82, 2.24) is 10.2 Å². The second-order valence-corrected chi connectivity index (χ2v) is 8.88. The first-order chi connectivity index (χ1) is 12.9. The van der Waals surface area contributed by atoms with Gasteiger partial charge in [0.15, 0.2) is 15.8 Å². The van der Waals surface area contributed by atoms with Crippen molar-refractivity contribution in [2.75, 3.05) is 32.6 Å². The monoisotopic (exact) mass is 537 g/mol. The Kier molecular flexibility index (Phi) is 10.3. The predicted octanol–water partition coefficient (Wildman–Crippen LogP) is 3.65. The number of nitrogens with zero attached hydrogens (tertiary/aromatic N) is 2. The van der Waals surface area contributed by atoms with Crippen LogP contribution in [0.5, 0.6) is 0 Å². The summed E-state index contributed by atoms with van der Waals surface area (Å²) in [7, 11) is -0.182. The van der Waals surface area contributed by atoms with Gasteiger partial charge in [-0.1, -0.05) is 24.3 Å². The first kappa shape index (κ1) is 24.7. The summed E-state index contributed by atoms with van der Waals surface area (Å²) in [4.78, 5) is 7.02. The largest absolute Gasteiger partial charge is 0.355 e. The Morgan fingerprint density at radius 2 is 1.82 bits per heavy atom. The standard InChI is InChI=1S/C19H24FN3O2S2.HI/c1-21-19(23(2)14-15-8-10-16(26-3)11-9-15)22-12-13-27(24,25)18-7-5-4-6-17(18)20;/h4-11H,12-14H2,1-3H3,(H,21,22);1H. The van der Waals surface area contributed by atoms with Crippen molar-refractivity contribution in [1.29, 1.82) is 0 Å². The first-order valence-electron chi connectivity index (χ1n) is 8.39. The summed E-state index contributed by atoms with van der Waals surface area (Å²) in [5.41, 5.74) is 1.12. The Labute approximate surface area is 187 Å². The zero-order valence-electron chi connectivity index (χ0n) is 16.1. The van der Waals surface area contributed by atoms with Gasteiger partial charge < -0.3 is 10.2 Å². The van der Waals surface area contributed by atoms with Crippen LogP contribution in [0.1, 0.15) is 5.56 Å². The van der Waals surface area contributed by atoms with Crippen LogP contribution in [-0.2, 0) is 16.4 Å².